The molecule has 1 N–H and O–H groups in total. The minimum Gasteiger partial charge on any atom is -0.379 e. The van der Waals surface area contributed by atoms with E-state index in [0.29, 0.717) is 13.2 Å². The molecule has 1 aliphatic heterocycles. The molecule has 0 saturated carbocycles. The summed E-state index contributed by atoms with van der Waals surface area (Å²) in [4.78, 5) is 13.9. The van der Waals surface area contributed by atoms with Crippen molar-refractivity contribution in [1.82, 2.24) is 10.2 Å². The Morgan fingerprint density at radius 3 is 2.73 bits per heavy atom. The van der Waals surface area contributed by atoms with Crippen LogP contribution in [0.15, 0.2) is 0 Å². The molecule has 15 heavy (non-hydrogen) atoms. The molecule has 0 aromatic rings. The van der Waals surface area contributed by atoms with Gasteiger partial charge in [0.25, 0.3) is 0 Å². The van der Waals surface area contributed by atoms with Crippen molar-refractivity contribution in [2.24, 2.45) is 5.92 Å². The van der Waals surface area contributed by atoms with Gasteiger partial charge in [0.15, 0.2) is 0 Å². The SMILES string of the molecule is CCNC1COCC1C(=O)N(C)C(C)C. The lowest BCUT2D eigenvalue weighted by Crippen LogP contribution is -2.46. The number of nitrogens with zero attached hydrogens (tertiary/aromatic N) is 1. The number of hydrogen-bond donors (Lipinski definition) is 1. The van der Waals surface area contributed by atoms with Gasteiger partial charge in [0.1, 0.15) is 0 Å². The Bertz CT molecular complexity index is 219. The first-order valence-corrected chi connectivity index (χ1v) is 5.65. The lowest BCUT2D eigenvalue weighted by atomic mass is 10.0. The van der Waals surface area contributed by atoms with Gasteiger partial charge >= 0.3 is 0 Å². The van der Waals surface area contributed by atoms with Gasteiger partial charge in [0.05, 0.1) is 19.1 Å². The molecule has 0 bridgehead atoms. The average Bonchev–Trinajstić information content (AvgIpc) is 2.64. The maximum absolute atomic E-state index is 12.1. The van der Waals surface area contributed by atoms with Crippen molar-refractivity contribution in [3.63, 3.8) is 0 Å². The van der Waals surface area contributed by atoms with E-state index in [9.17, 15) is 4.79 Å². The van der Waals surface area contributed by atoms with Crippen LogP contribution in [0.25, 0.3) is 0 Å². The van der Waals surface area contributed by atoms with Gasteiger partial charge in [0, 0.05) is 19.1 Å². The second kappa shape index (κ2) is 5.47. The van der Waals surface area contributed by atoms with Gasteiger partial charge in [-0.05, 0) is 20.4 Å². The Balaban J connectivity index is 2.58. The number of ether oxygens (including phenoxy) is 1. The van der Waals surface area contributed by atoms with Crippen LogP contribution in [0.5, 0.6) is 0 Å². The third-order valence-corrected chi connectivity index (χ3v) is 2.99. The molecule has 2 unspecified atom stereocenters. The number of likely N-dealkylation sites (N-methyl/N-ethyl adjacent to an activating group) is 1. The Morgan fingerprint density at radius 2 is 2.20 bits per heavy atom. The quantitative estimate of drug-likeness (QED) is 0.740. The molecular formula is C11H22N2O2. The Morgan fingerprint density at radius 1 is 1.53 bits per heavy atom. The topological polar surface area (TPSA) is 41.6 Å². The maximum Gasteiger partial charge on any atom is 0.229 e. The third-order valence-electron chi connectivity index (χ3n) is 2.99. The molecule has 0 spiro atoms. The zero-order valence-corrected chi connectivity index (χ0v) is 10.1. The monoisotopic (exact) mass is 214 g/mol. The second-order valence-corrected chi connectivity index (χ2v) is 4.35. The first-order valence-electron chi connectivity index (χ1n) is 5.65. The van der Waals surface area contributed by atoms with Crippen molar-refractivity contribution in [2.45, 2.75) is 32.9 Å². The normalized spacial score (nSPS) is 25.9. The summed E-state index contributed by atoms with van der Waals surface area (Å²) in [6, 6.07) is 0.434. The van der Waals surface area contributed by atoms with Crippen LogP contribution in [0.2, 0.25) is 0 Å². The van der Waals surface area contributed by atoms with E-state index in [2.05, 4.69) is 5.32 Å². The molecule has 4 nitrogen and oxygen atoms in total. The Labute approximate surface area is 92.0 Å². The fourth-order valence-corrected chi connectivity index (χ4v) is 1.78. The largest absolute Gasteiger partial charge is 0.379 e. The molecule has 1 aliphatic rings. The van der Waals surface area contributed by atoms with Gasteiger partial charge in [-0.15, -0.1) is 0 Å². The summed E-state index contributed by atoms with van der Waals surface area (Å²) in [5, 5.41) is 3.30. The van der Waals surface area contributed by atoms with Gasteiger partial charge in [-0.1, -0.05) is 6.92 Å². The highest BCUT2D eigenvalue weighted by Crippen LogP contribution is 2.17. The van der Waals surface area contributed by atoms with Crippen LogP contribution >= 0.6 is 0 Å². The summed E-state index contributed by atoms with van der Waals surface area (Å²) >= 11 is 0. The highest BCUT2D eigenvalue weighted by atomic mass is 16.5. The molecule has 1 rings (SSSR count). The molecule has 0 aliphatic carbocycles. The van der Waals surface area contributed by atoms with E-state index < -0.39 is 0 Å². The van der Waals surface area contributed by atoms with Gasteiger partial charge in [-0.3, -0.25) is 4.79 Å². The van der Waals surface area contributed by atoms with E-state index in [1.54, 1.807) is 4.90 Å². The zero-order chi connectivity index (χ0) is 11.4. The molecule has 1 saturated heterocycles. The minimum atomic E-state index is -0.0163. The highest BCUT2D eigenvalue weighted by Gasteiger charge is 2.35. The van der Waals surface area contributed by atoms with Crippen molar-refractivity contribution in [1.29, 1.82) is 0 Å². The van der Waals surface area contributed by atoms with Crippen molar-refractivity contribution < 1.29 is 9.53 Å². The summed E-state index contributed by atoms with van der Waals surface area (Å²) in [6.07, 6.45) is 0. The van der Waals surface area contributed by atoms with Crippen molar-refractivity contribution in [3.05, 3.63) is 0 Å². The molecule has 1 amide bonds. The van der Waals surface area contributed by atoms with Crippen LogP contribution in [0.3, 0.4) is 0 Å². The minimum absolute atomic E-state index is 0.0163. The van der Waals surface area contributed by atoms with Gasteiger partial charge in [-0.25, -0.2) is 0 Å². The second-order valence-electron chi connectivity index (χ2n) is 4.35. The number of carbonyl (C=O) groups is 1. The fourth-order valence-electron chi connectivity index (χ4n) is 1.78. The Hall–Kier alpha value is -0.610. The molecule has 1 heterocycles. The first-order chi connectivity index (χ1) is 7.07. The van der Waals surface area contributed by atoms with Crippen LogP contribution in [0, 0.1) is 5.92 Å². The number of nitrogens with one attached hydrogen (secondary N) is 1. The van der Waals surface area contributed by atoms with Crippen LogP contribution < -0.4 is 5.32 Å². The van der Waals surface area contributed by atoms with E-state index in [-0.39, 0.29) is 23.9 Å². The molecule has 88 valence electrons. The summed E-state index contributed by atoms with van der Waals surface area (Å²) in [6.45, 7) is 8.17. The standard InChI is InChI=1S/C11H22N2O2/c1-5-12-10-7-15-6-9(10)11(14)13(4)8(2)3/h8-10,12H,5-7H2,1-4H3. The number of amides is 1. The van der Waals surface area contributed by atoms with E-state index in [1.165, 1.54) is 0 Å². The van der Waals surface area contributed by atoms with Crippen molar-refractivity contribution >= 4 is 5.91 Å². The van der Waals surface area contributed by atoms with E-state index in [1.807, 2.05) is 27.8 Å². The Kier molecular flexibility index (Phi) is 4.54. The zero-order valence-electron chi connectivity index (χ0n) is 10.1. The van der Waals surface area contributed by atoms with Crippen LogP contribution in [-0.2, 0) is 9.53 Å². The van der Waals surface area contributed by atoms with Crippen LogP contribution in [-0.4, -0.2) is 49.7 Å². The molecule has 0 aromatic carbocycles. The number of carbonyl (C=O) groups excluding carboxylic acids is 1. The number of hydrogen-bond acceptors (Lipinski definition) is 3. The highest BCUT2D eigenvalue weighted by molar-refractivity contribution is 5.80. The molecule has 0 aromatic heterocycles. The lowest BCUT2D eigenvalue weighted by molar-refractivity contribution is -0.136. The molecule has 0 radical (unpaired) electrons. The van der Waals surface area contributed by atoms with E-state index in [4.69, 9.17) is 4.74 Å². The van der Waals surface area contributed by atoms with Gasteiger partial charge in [0.2, 0.25) is 5.91 Å². The predicted octanol–water partition coefficient (Wildman–Crippen LogP) is 0.478. The first kappa shape index (κ1) is 12.5. The number of rotatable bonds is 4. The molecule has 4 heteroatoms. The van der Waals surface area contributed by atoms with Crippen molar-refractivity contribution in [3.8, 4) is 0 Å². The fraction of sp³-hybridized carbons (Fsp3) is 0.909. The maximum atomic E-state index is 12.1. The van der Waals surface area contributed by atoms with Crippen molar-refractivity contribution in [2.75, 3.05) is 26.8 Å². The predicted molar refractivity (Wildman–Crippen MR) is 59.7 cm³/mol. The van der Waals surface area contributed by atoms with Crippen LogP contribution in [0.1, 0.15) is 20.8 Å². The molecular weight excluding hydrogens is 192 g/mol. The summed E-state index contributed by atoms with van der Waals surface area (Å²) in [5.41, 5.74) is 0. The molecule has 1 fully saturated rings. The summed E-state index contributed by atoms with van der Waals surface area (Å²) < 4.78 is 5.36. The van der Waals surface area contributed by atoms with Gasteiger partial charge < -0.3 is 15.0 Å². The average molecular weight is 214 g/mol. The summed E-state index contributed by atoms with van der Waals surface area (Å²) in [5.74, 6) is 0.172. The third kappa shape index (κ3) is 2.92. The van der Waals surface area contributed by atoms with E-state index in [0.717, 1.165) is 6.54 Å². The smallest absolute Gasteiger partial charge is 0.229 e. The van der Waals surface area contributed by atoms with Crippen LogP contribution in [0.4, 0.5) is 0 Å². The lowest BCUT2D eigenvalue weighted by Gasteiger charge is -2.27. The summed E-state index contributed by atoms with van der Waals surface area (Å²) in [7, 11) is 1.86. The molecule has 2 atom stereocenters. The van der Waals surface area contributed by atoms with E-state index >= 15 is 0 Å². The van der Waals surface area contributed by atoms with Gasteiger partial charge in [-0.2, -0.15) is 0 Å².